The highest BCUT2D eigenvalue weighted by Gasteiger charge is 2.23. The molecule has 6 nitrogen and oxygen atoms in total. The van der Waals surface area contributed by atoms with Crippen LogP contribution in [0.5, 0.6) is 0 Å². The molecule has 3 amide bonds. The Morgan fingerprint density at radius 3 is 2.35 bits per heavy atom. The Hall–Kier alpha value is -1.79. The van der Waals surface area contributed by atoms with Crippen LogP contribution in [0.25, 0.3) is 0 Å². The molecule has 0 aromatic heterocycles. The second-order valence-electron chi connectivity index (χ2n) is 5.86. The molecule has 0 aliphatic heterocycles. The highest BCUT2D eigenvalue weighted by molar-refractivity contribution is 5.89. The monoisotopic (exact) mass is 340 g/mol. The van der Waals surface area contributed by atoms with Gasteiger partial charge < -0.3 is 21.7 Å². The van der Waals surface area contributed by atoms with Crippen molar-refractivity contribution in [3.63, 3.8) is 0 Å². The first-order chi connectivity index (χ1) is 10.5. The molecule has 0 saturated heterocycles. The van der Waals surface area contributed by atoms with Crippen LogP contribution in [0.4, 0.5) is 10.5 Å². The molecule has 5 N–H and O–H groups in total. The Bertz CT molecular complexity index is 531. The summed E-state index contributed by atoms with van der Waals surface area (Å²) in [4.78, 5) is 23.5. The standard InChI is InChI=1S/C16H24N4O2.ClH/c1-10(9-17)15(21)18-11(2)12-3-5-13(6-4-12)19-16(22)20-14-7-8-14;/h3-6,10-11,14H,7-9,17H2,1-2H3,(H,18,21)(H2,19,20,22);1H. The van der Waals surface area contributed by atoms with E-state index in [0.717, 1.165) is 24.1 Å². The van der Waals surface area contributed by atoms with Crippen LogP contribution in [-0.2, 0) is 4.79 Å². The molecule has 23 heavy (non-hydrogen) atoms. The van der Waals surface area contributed by atoms with Gasteiger partial charge in [0.25, 0.3) is 0 Å². The van der Waals surface area contributed by atoms with E-state index in [1.165, 1.54) is 0 Å². The van der Waals surface area contributed by atoms with Crippen molar-refractivity contribution in [1.29, 1.82) is 0 Å². The highest BCUT2D eigenvalue weighted by Crippen LogP contribution is 2.19. The largest absolute Gasteiger partial charge is 0.349 e. The van der Waals surface area contributed by atoms with Crippen molar-refractivity contribution < 1.29 is 9.59 Å². The lowest BCUT2D eigenvalue weighted by molar-refractivity contribution is -0.124. The number of hydrogen-bond donors (Lipinski definition) is 4. The third-order valence-corrected chi connectivity index (χ3v) is 3.74. The first kappa shape index (κ1) is 19.3. The van der Waals surface area contributed by atoms with E-state index in [2.05, 4.69) is 16.0 Å². The smallest absolute Gasteiger partial charge is 0.319 e. The topological polar surface area (TPSA) is 96.2 Å². The lowest BCUT2D eigenvalue weighted by Gasteiger charge is -2.17. The number of carbonyl (C=O) groups is 2. The lowest BCUT2D eigenvalue weighted by Crippen LogP contribution is -2.34. The van der Waals surface area contributed by atoms with E-state index in [0.29, 0.717) is 12.6 Å². The van der Waals surface area contributed by atoms with Crippen molar-refractivity contribution in [2.75, 3.05) is 11.9 Å². The average molecular weight is 341 g/mol. The van der Waals surface area contributed by atoms with Gasteiger partial charge in [0.05, 0.1) is 6.04 Å². The number of carbonyl (C=O) groups excluding carboxylic acids is 2. The van der Waals surface area contributed by atoms with E-state index in [4.69, 9.17) is 5.73 Å². The molecule has 7 heteroatoms. The number of amides is 3. The highest BCUT2D eigenvalue weighted by atomic mass is 35.5. The molecule has 0 spiro atoms. The molecule has 1 aliphatic carbocycles. The van der Waals surface area contributed by atoms with Gasteiger partial charge in [-0.1, -0.05) is 19.1 Å². The fourth-order valence-corrected chi connectivity index (χ4v) is 1.98. The maximum Gasteiger partial charge on any atom is 0.319 e. The Balaban J connectivity index is 0.00000264. The van der Waals surface area contributed by atoms with Gasteiger partial charge in [-0.2, -0.15) is 0 Å². The van der Waals surface area contributed by atoms with Gasteiger partial charge in [-0.15, -0.1) is 12.4 Å². The SMILES string of the molecule is CC(CN)C(=O)NC(C)c1ccc(NC(=O)NC2CC2)cc1.Cl. The van der Waals surface area contributed by atoms with Gasteiger partial charge in [0.2, 0.25) is 5.91 Å². The number of anilines is 1. The van der Waals surface area contributed by atoms with Gasteiger partial charge in [0.15, 0.2) is 0 Å². The summed E-state index contributed by atoms with van der Waals surface area (Å²) in [5.74, 6) is -0.254. The number of hydrogen-bond acceptors (Lipinski definition) is 3. The van der Waals surface area contributed by atoms with E-state index >= 15 is 0 Å². The molecule has 2 rings (SSSR count). The van der Waals surface area contributed by atoms with Gasteiger partial charge in [0, 0.05) is 24.2 Å². The molecule has 1 aliphatic rings. The summed E-state index contributed by atoms with van der Waals surface area (Å²) in [5, 5.41) is 8.58. The third-order valence-electron chi connectivity index (χ3n) is 3.74. The molecule has 1 aromatic carbocycles. The molecule has 1 fully saturated rings. The minimum absolute atomic E-state index is 0. The van der Waals surface area contributed by atoms with Crippen LogP contribution < -0.4 is 21.7 Å². The first-order valence-electron chi connectivity index (χ1n) is 7.67. The van der Waals surface area contributed by atoms with Crippen molar-refractivity contribution in [3.8, 4) is 0 Å². The maximum atomic E-state index is 11.8. The Morgan fingerprint density at radius 1 is 1.22 bits per heavy atom. The van der Waals surface area contributed by atoms with Crippen molar-refractivity contribution >= 4 is 30.0 Å². The second kappa shape index (κ2) is 8.74. The van der Waals surface area contributed by atoms with Gasteiger partial charge in [-0.05, 0) is 37.5 Å². The van der Waals surface area contributed by atoms with Gasteiger partial charge in [-0.3, -0.25) is 4.79 Å². The van der Waals surface area contributed by atoms with Crippen LogP contribution in [-0.4, -0.2) is 24.5 Å². The number of nitrogens with one attached hydrogen (secondary N) is 3. The van der Waals surface area contributed by atoms with E-state index in [1.807, 2.05) is 31.2 Å². The number of benzene rings is 1. The summed E-state index contributed by atoms with van der Waals surface area (Å²) in [5.41, 5.74) is 7.20. The molecule has 2 atom stereocenters. The summed E-state index contributed by atoms with van der Waals surface area (Å²) in [7, 11) is 0. The number of rotatable bonds is 6. The summed E-state index contributed by atoms with van der Waals surface area (Å²) >= 11 is 0. The fourth-order valence-electron chi connectivity index (χ4n) is 1.98. The summed E-state index contributed by atoms with van der Waals surface area (Å²) in [6.07, 6.45) is 2.12. The Labute approximate surface area is 143 Å². The van der Waals surface area contributed by atoms with Crippen LogP contribution in [0.15, 0.2) is 24.3 Å². The van der Waals surface area contributed by atoms with Crippen LogP contribution in [0.3, 0.4) is 0 Å². The fraction of sp³-hybridized carbons (Fsp3) is 0.500. The average Bonchev–Trinajstić information content (AvgIpc) is 3.30. The van der Waals surface area contributed by atoms with Crippen LogP contribution in [0, 0.1) is 5.92 Å². The summed E-state index contributed by atoms with van der Waals surface area (Å²) in [6, 6.07) is 7.51. The van der Waals surface area contributed by atoms with Gasteiger partial charge >= 0.3 is 6.03 Å². The predicted octanol–water partition coefficient (Wildman–Crippen LogP) is 2.16. The van der Waals surface area contributed by atoms with Crippen molar-refractivity contribution in [2.45, 2.75) is 38.8 Å². The van der Waals surface area contributed by atoms with Crippen LogP contribution in [0.2, 0.25) is 0 Å². The molecule has 1 saturated carbocycles. The van der Waals surface area contributed by atoms with E-state index in [1.54, 1.807) is 6.92 Å². The quantitative estimate of drug-likeness (QED) is 0.639. The van der Waals surface area contributed by atoms with E-state index < -0.39 is 0 Å². The predicted molar refractivity (Wildman–Crippen MR) is 93.6 cm³/mol. The number of nitrogens with two attached hydrogens (primary N) is 1. The molecule has 2 unspecified atom stereocenters. The second-order valence-corrected chi connectivity index (χ2v) is 5.86. The van der Waals surface area contributed by atoms with Crippen molar-refractivity contribution in [2.24, 2.45) is 11.7 Å². The summed E-state index contributed by atoms with van der Waals surface area (Å²) < 4.78 is 0. The normalized spacial score (nSPS) is 15.8. The minimum atomic E-state index is -0.200. The number of urea groups is 1. The first-order valence-corrected chi connectivity index (χ1v) is 7.67. The van der Waals surface area contributed by atoms with E-state index in [-0.39, 0.29) is 36.3 Å². The summed E-state index contributed by atoms with van der Waals surface area (Å²) in [6.45, 7) is 4.05. The molecular weight excluding hydrogens is 316 g/mol. The molecule has 128 valence electrons. The van der Waals surface area contributed by atoms with E-state index in [9.17, 15) is 9.59 Å². The Kier molecular flexibility index (Phi) is 7.32. The van der Waals surface area contributed by atoms with Crippen molar-refractivity contribution in [1.82, 2.24) is 10.6 Å². The Morgan fingerprint density at radius 2 is 1.83 bits per heavy atom. The zero-order valence-electron chi connectivity index (χ0n) is 13.5. The van der Waals surface area contributed by atoms with Crippen LogP contribution in [0.1, 0.15) is 38.3 Å². The third kappa shape index (κ3) is 6.08. The van der Waals surface area contributed by atoms with Crippen molar-refractivity contribution in [3.05, 3.63) is 29.8 Å². The maximum absolute atomic E-state index is 11.8. The van der Waals surface area contributed by atoms with Gasteiger partial charge in [-0.25, -0.2) is 4.79 Å². The zero-order chi connectivity index (χ0) is 16.1. The molecule has 0 heterocycles. The molecular formula is C16H25ClN4O2. The molecule has 1 aromatic rings. The minimum Gasteiger partial charge on any atom is -0.349 e. The molecule has 0 radical (unpaired) electrons. The lowest BCUT2D eigenvalue weighted by atomic mass is 10.1. The molecule has 0 bridgehead atoms. The number of halogens is 1. The zero-order valence-corrected chi connectivity index (χ0v) is 14.3. The van der Waals surface area contributed by atoms with Crippen LogP contribution >= 0.6 is 12.4 Å². The van der Waals surface area contributed by atoms with Gasteiger partial charge in [0.1, 0.15) is 0 Å².